The maximum atomic E-state index is 12.6. The molecule has 0 spiro atoms. The van der Waals surface area contributed by atoms with Crippen LogP contribution in [0.15, 0.2) is 4.34 Å². The zero-order valence-corrected chi connectivity index (χ0v) is 18.2. The number of rotatable bonds is 7. The van der Waals surface area contributed by atoms with Gasteiger partial charge in [-0.15, -0.1) is 10.2 Å². The third kappa shape index (κ3) is 5.02. The molecule has 2 aliphatic rings. The van der Waals surface area contributed by atoms with E-state index in [1.54, 1.807) is 4.90 Å². The maximum absolute atomic E-state index is 12.6. The molecule has 4 atom stereocenters. The standard InChI is InChI=1S/C19H30N4O2S2/c1-5-16(24)23(14-9-10-14)18-21-22-19(27-18)26-13(4)17(25)20-15-8-6-7-11(2)12(15)3/h11-15H,5-10H2,1-4H3,(H,20,25)/t11-,12+,13-,15-/m1/s1. The van der Waals surface area contributed by atoms with E-state index in [0.717, 1.165) is 23.6 Å². The smallest absolute Gasteiger partial charge is 0.233 e. The van der Waals surface area contributed by atoms with Gasteiger partial charge in [0.2, 0.25) is 16.9 Å². The summed E-state index contributed by atoms with van der Waals surface area (Å²) >= 11 is 2.84. The first kappa shape index (κ1) is 20.6. The molecule has 1 aromatic rings. The Bertz CT molecular complexity index is 676. The number of nitrogens with one attached hydrogen (secondary N) is 1. The quantitative estimate of drug-likeness (QED) is 0.546. The number of carbonyl (C=O) groups is 2. The van der Waals surface area contributed by atoms with E-state index in [4.69, 9.17) is 0 Å². The number of anilines is 1. The van der Waals surface area contributed by atoms with Crippen LogP contribution in [0, 0.1) is 11.8 Å². The molecule has 1 N–H and O–H groups in total. The molecule has 2 saturated carbocycles. The fraction of sp³-hybridized carbons (Fsp3) is 0.789. The van der Waals surface area contributed by atoms with E-state index in [9.17, 15) is 9.59 Å². The molecular formula is C19H30N4O2S2. The van der Waals surface area contributed by atoms with Gasteiger partial charge in [0.15, 0.2) is 4.34 Å². The highest BCUT2D eigenvalue weighted by molar-refractivity contribution is 8.02. The van der Waals surface area contributed by atoms with Gasteiger partial charge in [-0.05, 0) is 38.0 Å². The molecule has 6 nitrogen and oxygen atoms in total. The molecule has 8 heteroatoms. The summed E-state index contributed by atoms with van der Waals surface area (Å²) < 4.78 is 0.743. The lowest BCUT2D eigenvalue weighted by molar-refractivity contribution is -0.121. The number of hydrogen-bond acceptors (Lipinski definition) is 6. The van der Waals surface area contributed by atoms with Crippen LogP contribution in [0.25, 0.3) is 0 Å². The summed E-state index contributed by atoms with van der Waals surface area (Å²) in [6, 6.07) is 0.542. The summed E-state index contributed by atoms with van der Waals surface area (Å²) in [4.78, 5) is 26.6. The zero-order chi connectivity index (χ0) is 19.6. The van der Waals surface area contributed by atoms with Gasteiger partial charge in [-0.1, -0.05) is 56.7 Å². The highest BCUT2D eigenvalue weighted by Gasteiger charge is 2.35. The van der Waals surface area contributed by atoms with Gasteiger partial charge in [0.05, 0.1) is 5.25 Å². The number of nitrogens with zero attached hydrogens (tertiary/aromatic N) is 3. The van der Waals surface area contributed by atoms with Crippen LogP contribution in [-0.4, -0.2) is 39.3 Å². The largest absolute Gasteiger partial charge is 0.352 e. The van der Waals surface area contributed by atoms with Crippen LogP contribution in [0.3, 0.4) is 0 Å². The number of thioether (sulfide) groups is 1. The van der Waals surface area contributed by atoms with Crippen molar-refractivity contribution in [1.29, 1.82) is 0 Å². The van der Waals surface area contributed by atoms with Crippen LogP contribution >= 0.6 is 23.1 Å². The molecule has 0 bridgehead atoms. The fourth-order valence-electron chi connectivity index (χ4n) is 3.61. The first-order valence-electron chi connectivity index (χ1n) is 10.0. The first-order valence-corrected chi connectivity index (χ1v) is 11.7. The Labute approximate surface area is 169 Å². The monoisotopic (exact) mass is 410 g/mol. The molecule has 1 aromatic heterocycles. The van der Waals surface area contributed by atoms with Gasteiger partial charge in [-0.3, -0.25) is 14.5 Å². The van der Waals surface area contributed by atoms with Gasteiger partial charge in [0.1, 0.15) is 0 Å². The lowest BCUT2D eigenvalue weighted by atomic mass is 9.78. The fourth-order valence-corrected chi connectivity index (χ4v) is 5.69. The van der Waals surface area contributed by atoms with E-state index in [1.807, 2.05) is 13.8 Å². The van der Waals surface area contributed by atoms with Gasteiger partial charge in [-0.25, -0.2) is 0 Å². The third-order valence-electron chi connectivity index (χ3n) is 5.77. The Kier molecular flexibility index (Phi) is 6.78. The molecular weight excluding hydrogens is 380 g/mol. The van der Waals surface area contributed by atoms with E-state index in [-0.39, 0.29) is 29.1 Å². The molecule has 0 unspecified atom stereocenters. The predicted molar refractivity (Wildman–Crippen MR) is 110 cm³/mol. The van der Waals surface area contributed by atoms with E-state index in [0.29, 0.717) is 23.4 Å². The lowest BCUT2D eigenvalue weighted by Gasteiger charge is -2.35. The van der Waals surface area contributed by atoms with Crippen molar-refractivity contribution in [2.75, 3.05) is 4.90 Å². The normalized spacial score (nSPS) is 26.4. The van der Waals surface area contributed by atoms with Crippen LogP contribution in [0.2, 0.25) is 0 Å². The lowest BCUT2D eigenvalue weighted by Crippen LogP contribution is -2.46. The summed E-state index contributed by atoms with van der Waals surface area (Å²) in [5.74, 6) is 1.32. The van der Waals surface area contributed by atoms with Crippen molar-refractivity contribution in [2.45, 2.75) is 87.9 Å². The predicted octanol–water partition coefficient (Wildman–Crippen LogP) is 3.87. The summed E-state index contributed by atoms with van der Waals surface area (Å²) in [5, 5.41) is 12.1. The highest BCUT2D eigenvalue weighted by atomic mass is 32.2. The summed E-state index contributed by atoms with van der Waals surface area (Å²) in [6.07, 6.45) is 6.03. The van der Waals surface area contributed by atoms with Crippen molar-refractivity contribution in [3.05, 3.63) is 0 Å². The Morgan fingerprint density at radius 2 is 2.00 bits per heavy atom. The SMILES string of the molecule is CCC(=O)N(c1nnc(S[C@H](C)C(=O)N[C@@H]2CCC[C@@H](C)[C@@H]2C)s1)C1CC1. The van der Waals surface area contributed by atoms with Crippen molar-refractivity contribution >= 4 is 40.0 Å². The van der Waals surface area contributed by atoms with E-state index in [1.165, 1.54) is 35.9 Å². The molecule has 1 heterocycles. The summed E-state index contributed by atoms with van der Waals surface area (Å²) in [6.45, 7) is 8.29. The average molecular weight is 411 g/mol. The molecule has 2 aliphatic carbocycles. The summed E-state index contributed by atoms with van der Waals surface area (Å²) in [5.41, 5.74) is 0. The van der Waals surface area contributed by atoms with Gasteiger partial charge in [-0.2, -0.15) is 0 Å². The van der Waals surface area contributed by atoms with Gasteiger partial charge < -0.3 is 5.32 Å². The summed E-state index contributed by atoms with van der Waals surface area (Å²) in [7, 11) is 0. The third-order valence-corrected chi connectivity index (χ3v) is 7.87. The molecule has 0 radical (unpaired) electrons. The Hall–Kier alpha value is -1.15. The minimum Gasteiger partial charge on any atom is -0.352 e. The van der Waals surface area contributed by atoms with Crippen molar-refractivity contribution in [1.82, 2.24) is 15.5 Å². The molecule has 27 heavy (non-hydrogen) atoms. The Morgan fingerprint density at radius 3 is 2.67 bits per heavy atom. The van der Waals surface area contributed by atoms with Crippen molar-refractivity contribution in [3.63, 3.8) is 0 Å². The molecule has 2 amide bonds. The van der Waals surface area contributed by atoms with Crippen LogP contribution in [0.1, 0.15) is 66.2 Å². The van der Waals surface area contributed by atoms with Gasteiger partial charge >= 0.3 is 0 Å². The number of amides is 2. The molecule has 0 aliphatic heterocycles. The van der Waals surface area contributed by atoms with Crippen LogP contribution in [-0.2, 0) is 9.59 Å². The first-order chi connectivity index (χ1) is 12.9. The molecule has 0 saturated heterocycles. The Balaban J connectivity index is 1.57. The number of hydrogen-bond donors (Lipinski definition) is 1. The molecule has 2 fully saturated rings. The molecule has 0 aromatic carbocycles. The van der Waals surface area contributed by atoms with E-state index >= 15 is 0 Å². The zero-order valence-electron chi connectivity index (χ0n) is 16.6. The highest BCUT2D eigenvalue weighted by Crippen LogP contribution is 2.37. The second-order valence-corrected chi connectivity index (χ2v) is 10.4. The number of aromatic nitrogens is 2. The van der Waals surface area contributed by atoms with E-state index < -0.39 is 0 Å². The maximum Gasteiger partial charge on any atom is 0.233 e. The minimum atomic E-state index is -0.230. The van der Waals surface area contributed by atoms with E-state index in [2.05, 4.69) is 29.4 Å². The van der Waals surface area contributed by atoms with Gasteiger partial charge in [0, 0.05) is 18.5 Å². The van der Waals surface area contributed by atoms with Crippen molar-refractivity contribution < 1.29 is 9.59 Å². The second kappa shape index (κ2) is 8.90. The van der Waals surface area contributed by atoms with Crippen LogP contribution < -0.4 is 10.2 Å². The Morgan fingerprint density at radius 1 is 1.26 bits per heavy atom. The second-order valence-electron chi connectivity index (χ2n) is 7.84. The van der Waals surface area contributed by atoms with Gasteiger partial charge in [0.25, 0.3) is 0 Å². The van der Waals surface area contributed by atoms with Crippen molar-refractivity contribution in [3.8, 4) is 0 Å². The van der Waals surface area contributed by atoms with Crippen LogP contribution in [0.5, 0.6) is 0 Å². The topological polar surface area (TPSA) is 75.2 Å². The van der Waals surface area contributed by atoms with Crippen molar-refractivity contribution in [2.24, 2.45) is 11.8 Å². The molecule has 150 valence electrons. The molecule has 3 rings (SSSR count). The van der Waals surface area contributed by atoms with Crippen LogP contribution in [0.4, 0.5) is 5.13 Å². The number of carbonyl (C=O) groups excluding carboxylic acids is 2. The average Bonchev–Trinajstić information content (AvgIpc) is 3.37. The minimum absolute atomic E-state index is 0.0615.